The summed E-state index contributed by atoms with van der Waals surface area (Å²) in [5.74, 6) is -1.95. The summed E-state index contributed by atoms with van der Waals surface area (Å²) in [5, 5.41) is 23.0. The Labute approximate surface area is 149 Å². The molecule has 0 radical (unpaired) electrons. The lowest BCUT2D eigenvalue weighted by Gasteiger charge is -2.22. The van der Waals surface area contributed by atoms with Crippen molar-refractivity contribution in [3.8, 4) is 0 Å². The van der Waals surface area contributed by atoms with Crippen LogP contribution in [-0.4, -0.2) is 74.7 Å². The zero-order valence-corrected chi connectivity index (χ0v) is 14.6. The van der Waals surface area contributed by atoms with Gasteiger partial charge >= 0.3 is 5.97 Å². The van der Waals surface area contributed by atoms with Crippen molar-refractivity contribution in [3.05, 3.63) is 18.2 Å². The van der Waals surface area contributed by atoms with Gasteiger partial charge in [0.1, 0.15) is 18.1 Å². The monoisotopic (exact) mass is 373 g/mol. The molecule has 1 aromatic heterocycles. The summed E-state index contributed by atoms with van der Waals surface area (Å²) in [5.41, 5.74) is 6.02. The highest BCUT2D eigenvalue weighted by atomic mass is 32.2. The second-order valence-electron chi connectivity index (χ2n) is 5.31. The maximum atomic E-state index is 12.5. The molecule has 0 aliphatic carbocycles. The molecule has 10 nitrogen and oxygen atoms in total. The summed E-state index contributed by atoms with van der Waals surface area (Å²) in [6, 6.07) is -3.29. The van der Waals surface area contributed by atoms with Crippen molar-refractivity contribution in [2.75, 3.05) is 18.6 Å². The van der Waals surface area contributed by atoms with Gasteiger partial charge in [-0.2, -0.15) is 11.8 Å². The number of aromatic nitrogens is 2. The van der Waals surface area contributed by atoms with Gasteiger partial charge in [0.2, 0.25) is 11.8 Å². The number of imidazole rings is 1. The minimum atomic E-state index is -1.18. The molecule has 0 saturated heterocycles. The first kappa shape index (κ1) is 20.9. The maximum Gasteiger partial charge on any atom is 0.326 e. The molecule has 1 rings (SSSR count). The minimum Gasteiger partial charge on any atom is -0.480 e. The lowest BCUT2D eigenvalue weighted by molar-refractivity contribution is -0.142. The molecule has 0 fully saturated rings. The van der Waals surface area contributed by atoms with Gasteiger partial charge in [-0.15, -0.1) is 0 Å². The van der Waals surface area contributed by atoms with Gasteiger partial charge in [0.25, 0.3) is 0 Å². The number of aliphatic hydroxyl groups excluding tert-OH is 1. The summed E-state index contributed by atoms with van der Waals surface area (Å²) in [7, 11) is 0. The van der Waals surface area contributed by atoms with E-state index in [1.807, 2.05) is 6.26 Å². The summed E-state index contributed by atoms with van der Waals surface area (Å²) in [6.45, 7) is -0.574. The van der Waals surface area contributed by atoms with Crippen LogP contribution < -0.4 is 16.4 Å². The molecule has 0 spiro atoms. The van der Waals surface area contributed by atoms with Crippen molar-refractivity contribution in [2.24, 2.45) is 5.73 Å². The molecule has 0 aromatic carbocycles. The molecule has 3 atom stereocenters. The first-order chi connectivity index (χ1) is 11.9. The van der Waals surface area contributed by atoms with Gasteiger partial charge in [0.15, 0.2) is 0 Å². The minimum absolute atomic E-state index is 0.0740. The highest BCUT2D eigenvalue weighted by Crippen LogP contribution is 2.04. The van der Waals surface area contributed by atoms with Crippen LogP contribution in [0.15, 0.2) is 12.5 Å². The summed E-state index contributed by atoms with van der Waals surface area (Å²) < 4.78 is 0. The first-order valence-corrected chi connectivity index (χ1v) is 8.94. The van der Waals surface area contributed by atoms with Gasteiger partial charge < -0.3 is 31.6 Å². The van der Waals surface area contributed by atoms with Crippen LogP contribution in [0.3, 0.4) is 0 Å². The first-order valence-electron chi connectivity index (χ1n) is 7.55. The molecule has 0 aliphatic heterocycles. The molecule has 1 aromatic rings. The number of aliphatic carboxylic acids is 1. The third-order valence-electron chi connectivity index (χ3n) is 3.37. The summed E-state index contributed by atoms with van der Waals surface area (Å²) in [6.07, 6.45) is 5.07. The Bertz CT molecular complexity index is 568. The van der Waals surface area contributed by atoms with Crippen molar-refractivity contribution < 1.29 is 24.6 Å². The van der Waals surface area contributed by atoms with Crippen LogP contribution in [0.1, 0.15) is 12.1 Å². The average molecular weight is 373 g/mol. The molecule has 140 valence electrons. The van der Waals surface area contributed by atoms with E-state index in [2.05, 4.69) is 20.6 Å². The van der Waals surface area contributed by atoms with Crippen molar-refractivity contribution in [3.63, 3.8) is 0 Å². The molecule has 0 aliphatic rings. The number of carboxylic acids is 1. The quantitative estimate of drug-likeness (QED) is 0.261. The number of H-pyrrole nitrogens is 1. The zero-order valence-electron chi connectivity index (χ0n) is 13.8. The number of hydrogen-bond donors (Lipinski definition) is 6. The van der Waals surface area contributed by atoms with Gasteiger partial charge in [-0.25, -0.2) is 9.78 Å². The molecule has 25 heavy (non-hydrogen) atoms. The van der Waals surface area contributed by atoms with Crippen LogP contribution in [0.2, 0.25) is 0 Å². The Kier molecular flexibility index (Phi) is 8.95. The fraction of sp³-hybridized carbons (Fsp3) is 0.571. The lowest BCUT2D eigenvalue weighted by atomic mass is 10.1. The number of aliphatic hydroxyl groups is 1. The molecule has 7 N–H and O–H groups in total. The maximum absolute atomic E-state index is 12.5. The van der Waals surface area contributed by atoms with Crippen molar-refractivity contribution in [1.82, 2.24) is 20.6 Å². The van der Waals surface area contributed by atoms with E-state index in [1.165, 1.54) is 24.3 Å². The van der Waals surface area contributed by atoms with Crippen LogP contribution in [0.25, 0.3) is 0 Å². The van der Waals surface area contributed by atoms with E-state index in [9.17, 15) is 19.5 Å². The van der Waals surface area contributed by atoms with Gasteiger partial charge in [0.05, 0.1) is 12.9 Å². The third-order valence-corrected chi connectivity index (χ3v) is 4.01. The topological polar surface area (TPSA) is 170 Å². The SMILES string of the molecule is CSCCC(NC(=O)C(Cc1cnc[nH]1)NC(=O)C(N)CO)C(=O)O. The van der Waals surface area contributed by atoms with E-state index in [1.54, 1.807) is 0 Å². The van der Waals surface area contributed by atoms with Gasteiger partial charge in [-0.1, -0.05) is 0 Å². The van der Waals surface area contributed by atoms with Crippen LogP contribution in [-0.2, 0) is 20.8 Å². The van der Waals surface area contributed by atoms with Crippen LogP contribution in [0, 0.1) is 0 Å². The summed E-state index contributed by atoms with van der Waals surface area (Å²) >= 11 is 1.46. The molecular formula is C14H23N5O5S. The van der Waals surface area contributed by atoms with Crippen LogP contribution in [0.5, 0.6) is 0 Å². The van der Waals surface area contributed by atoms with Crippen LogP contribution in [0.4, 0.5) is 0 Å². The number of carbonyl (C=O) groups excluding carboxylic acids is 2. The van der Waals surface area contributed by atoms with E-state index in [4.69, 9.17) is 10.8 Å². The third kappa shape index (κ3) is 7.11. The Hall–Kier alpha value is -2.11. The standard InChI is InChI=1S/C14H23N5O5S/c1-25-3-2-10(14(23)24)18-13(22)11(4-8-5-16-7-17-8)19-12(21)9(15)6-20/h5,7,9-11,20H,2-4,6,15H2,1H3,(H,16,17)(H,18,22)(H,19,21)(H,23,24). The number of aromatic amines is 1. The Morgan fingerprint density at radius 2 is 2.00 bits per heavy atom. The smallest absolute Gasteiger partial charge is 0.326 e. The molecule has 2 amide bonds. The second kappa shape index (κ2) is 10.7. The highest BCUT2D eigenvalue weighted by Gasteiger charge is 2.28. The molecule has 1 heterocycles. The van der Waals surface area contributed by atoms with E-state index >= 15 is 0 Å². The highest BCUT2D eigenvalue weighted by molar-refractivity contribution is 7.98. The second-order valence-corrected chi connectivity index (χ2v) is 6.30. The fourth-order valence-corrected chi connectivity index (χ4v) is 2.42. The Morgan fingerprint density at radius 3 is 2.52 bits per heavy atom. The molecule has 3 unspecified atom stereocenters. The van der Waals surface area contributed by atoms with E-state index < -0.39 is 42.5 Å². The number of nitrogens with zero attached hydrogens (tertiary/aromatic N) is 1. The number of thioether (sulfide) groups is 1. The normalized spacial score (nSPS) is 14.4. The van der Waals surface area contributed by atoms with Gasteiger partial charge in [0, 0.05) is 18.3 Å². The predicted molar refractivity (Wildman–Crippen MR) is 91.8 cm³/mol. The lowest BCUT2D eigenvalue weighted by Crippen LogP contribution is -2.55. The number of carbonyl (C=O) groups is 3. The number of hydrogen-bond acceptors (Lipinski definition) is 7. The number of amides is 2. The number of nitrogens with two attached hydrogens (primary N) is 1. The summed E-state index contributed by atoms with van der Waals surface area (Å²) in [4.78, 5) is 42.3. The largest absolute Gasteiger partial charge is 0.480 e. The van der Waals surface area contributed by atoms with E-state index in [0.29, 0.717) is 11.4 Å². The molecule has 0 saturated carbocycles. The Morgan fingerprint density at radius 1 is 1.32 bits per heavy atom. The predicted octanol–water partition coefficient (Wildman–Crippen LogP) is -1.92. The van der Waals surface area contributed by atoms with Crippen molar-refractivity contribution in [2.45, 2.75) is 31.0 Å². The number of rotatable bonds is 11. The number of carboxylic acid groups (broad SMARTS) is 1. The van der Waals surface area contributed by atoms with Crippen molar-refractivity contribution in [1.29, 1.82) is 0 Å². The number of nitrogens with one attached hydrogen (secondary N) is 3. The molecular weight excluding hydrogens is 350 g/mol. The van der Waals surface area contributed by atoms with Gasteiger partial charge in [-0.3, -0.25) is 9.59 Å². The van der Waals surface area contributed by atoms with Gasteiger partial charge in [-0.05, 0) is 18.4 Å². The van der Waals surface area contributed by atoms with Crippen molar-refractivity contribution >= 4 is 29.5 Å². The molecule has 0 bridgehead atoms. The molecule has 11 heteroatoms. The average Bonchev–Trinajstić information content (AvgIpc) is 3.09. The fourth-order valence-electron chi connectivity index (χ4n) is 1.95. The Balaban J connectivity index is 2.82. The van der Waals surface area contributed by atoms with E-state index in [0.717, 1.165) is 0 Å². The van der Waals surface area contributed by atoms with E-state index in [-0.39, 0.29) is 12.8 Å². The zero-order chi connectivity index (χ0) is 18.8. The van der Waals surface area contributed by atoms with Crippen LogP contribution >= 0.6 is 11.8 Å².